The van der Waals surface area contributed by atoms with Gasteiger partial charge in [-0.3, -0.25) is 14.8 Å². The fourth-order valence-corrected chi connectivity index (χ4v) is 1.82. The average molecular weight is 237 g/mol. The molecule has 1 aromatic heterocycles. The molecule has 0 aliphatic rings. The first-order valence-corrected chi connectivity index (χ1v) is 5.49. The number of hydrogen-bond acceptors (Lipinski definition) is 4. The lowest BCUT2D eigenvalue weighted by atomic mass is 9.92. The molecule has 1 unspecified atom stereocenters. The van der Waals surface area contributed by atoms with E-state index in [9.17, 15) is 4.79 Å². The Morgan fingerprint density at radius 3 is 2.50 bits per heavy atom. The van der Waals surface area contributed by atoms with Crippen LogP contribution in [0.1, 0.15) is 29.7 Å². The molecular formula is C14H11N3O. The second-order valence-electron chi connectivity index (χ2n) is 3.91. The zero-order valence-corrected chi connectivity index (χ0v) is 9.87. The Balaban J connectivity index is 2.43. The van der Waals surface area contributed by atoms with E-state index in [4.69, 9.17) is 5.26 Å². The summed E-state index contributed by atoms with van der Waals surface area (Å²) in [6.45, 7) is 1.53. The smallest absolute Gasteiger partial charge is 0.143 e. The minimum absolute atomic E-state index is 0.000192. The predicted octanol–water partition coefficient (Wildman–Crippen LogP) is 2.07. The molecular weight excluding hydrogens is 226 g/mol. The molecule has 4 heteroatoms. The highest BCUT2D eigenvalue weighted by Crippen LogP contribution is 2.23. The average Bonchev–Trinajstić information content (AvgIpc) is 2.40. The van der Waals surface area contributed by atoms with E-state index in [0.29, 0.717) is 11.3 Å². The van der Waals surface area contributed by atoms with Crippen LogP contribution < -0.4 is 0 Å². The van der Waals surface area contributed by atoms with Gasteiger partial charge >= 0.3 is 0 Å². The summed E-state index contributed by atoms with van der Waals surface area (Å²) in [5.74, 6) is -0.424. The van der Waals surface area contributed by atoms with Crippen molar-refractivity contribution in [1.82, 2.24) is 9.97 Å². The molecule has 4 nitrogen and oxygen atoms in total. The molecule has 0 aliphatic carbocycles. The number of carbonyl (C=O) groups is 1. The lowest BCUT2D eigenvalue weighted by Gasteiger charge is -2.13. The lowest BCUT2D eigenvalue weighted by molar-refractivity contribution is -0.117. The van der Waals surface area contributed by atoms with E-state index >= 15 is 0 Å². The molecule has 0 amide bonds. The maximum Gasteiger partial charge on any atom is 0.143 e. The van der Waals surface area contributed by atoms with E-state index in [0.717, 1.165) is 5.56 Å². The van der Waals surface area contributed by atoms with Gasteiger partial charge in [-0.15, -0.1) is 0 Å². The molecule has 1 aromatic carbocycles. The van der Waals surface area contributed by atoms with Gasteiger partial charge in [0, 0.05) is 18.6 Å². The minimum atomic E-state index is -0.425. The molecule has 1 heterocycles. The number of ketones is 1. The Labute approximate surface area is 105 Å². The Morgan fingerprint density at radius 1 is 1.28 bits per heavy atom. The van der Waals surface area contributed by atoms with Gasteiger partial charge in [-0.1, -0.05) is 12.1 Å². The van der Waals surface area contributed by atoms with E-state index in [1.165, 1.54) is 6.92 Å². The first-order chi connectivity index (χ1) is 8.72. The molecule has 1 atom stereocenters. The minimum Gasteiger partial charge on any atom is -0.299 e. The number of nitrogens with zero attached hydrogens (tertiary/aromatic N) is 3. The van der Waals surface area contributed by atoms with Gasteiger partial charge in [0.15, 0.2) is 0 Å². The number of aromatic nitrogens is 2. The molecule has 0 aliphatic heterocycles. The fourth-order valence-electron chi connectivity index (χ4n) is 1.82. The molecule has 18 heavy (non-hydrogen) atoms. The van der Waals surface area contributed by atoms with Crippen LogP contribution in [-0.4, -0.2) is 15.8 Å². The second-order valence-corrected chi connectivity index (χ2v) is 3.91. The molecule has 0 bridgehead atoms. The number of hydrogen-bond donors (Lipinski definition) is 0. The third-order valence-electron chi connectivity index (χ3n) is 2.66. The summed E-state index contributed by atoms with van der Waals surface area (Å²) in [5.41, 5.74) is 2.01. The Hall–Kier alpha value is -2.54. The van der Waals surface area contributed by atoms with Crippen LogP contribution in [0.25, 0.3) is 0 Å². The van der Waals surface area contributed by atoms with Crippen molar-refractivity contribution < 1.29 is 4.79 Å². The number of nitriles is 1. The highest BCUT2D eigenvalue weighted by molar-refractivity contribution is 5.86. The molecule has 88 valence electrons. The zero-order valence-electron chi connectivity index (χ0n) is 9.87. The first kappa shape index (κ1) is 11.9. The predicted molar refractivity (Wildman–Crippen MR) is 65.7 cm³/mol. The number of benzene rings is 1. The summed E-state index contributed by atoms with van der Waals surface area (Å²) in [4.78, 5) is 19.9. The molecule has 0 spiro atoms. The number of Topliss-reactive ketones (excluding diaryl/α,β-unsaturated/α-hetero) is 1. The van der Waals surface area contributed by atoms with Crippen molar-refractivity contribution in [2.75, 3.05) is 0 Å². The standard InChI is InChI=1S/C14H11N3O/c1-10(18)14(13-9-16-6-7-17-13)12-4-2-11(8-15)3-5-12/h2-7,9,14H,1H3. The van der Waals surface area contributed by atoms with Crippen LogP contribution in [0.2, 0.25) is 0 Å². The maximum absolute atomic E-state index is 11.8. The largest absolute Gasteiger partial charge is 0.299 e. The van der Waals surface area contributed by atoms with Crippen molar-refractivity contribution in [2.45, 2.75) is 12.8 Å². The third kappa shape index (κ3) is 2.41. The normalized spacial score (nSPS) is 11.6. The van der Waals surface area contributed by atoms with Crippen LogP contribution in [-0.2, 0) is 4.79 Å². The van der Waals surface area contributed by atoms with Gasteiger partial charge in [0.1, 0.15) is 5.78 Å². The van der Waals surface area contributed by atoms with E-state index in [2.05, 4.69) is 9.97 Å². The van der Waals surface area contributed by atoms with Crippen LogP contribution in [0.4, 0.5) is 0 Å². The quantitative estimate of drug-likeness (QED) is 0.819. The first-order valence-electron chi connectivity index (χ1n) is 5.49. The number of rotatable bonds is 3. The molecule has 0 saturated carbocycles. The molecule has 0 saturated heterocycles. The highest BCUT2D eigenvalue weighted by atomic mass is 16.1. The summed E-state index contributed by atoms with van der Waals surface area (Å²) >= 11 is 0. The lowest BCUT2D eigenvalue weighted by Crippen LogP contribution is -2.12. The summed E-state index contributed by atoms with van der Waals surface area (Å²) < 4.78 is 0. The third-order valence-corrected chi connectivity index (χ3v) is 2.66. The maximum atomic E-state index is 11.8. The SMILES string of the molecule is CC(=O)C(c1ccc(C#N)cc1)c1cnccn1. The summed E-state index contributed by atoms with van der Waals surface area (Å²) in [7, 11) is 0. The van der Waals surface area contributed by atoms with E-state index in [1.54, 1.807) is 42.9 Å². The Bertz CT molecular complexity index is 585. The van der Waals surface area contributed by atoms with Gasteiger partial charge in [-0.2, -0.15) is 5.26 Å². The van der Waals surface area contributed by atoms with E-state index < -0.39 is 5.92 Å². The van der Waals surface area contributed by atoms with Crippen LogP contribution >= 0.6 is 0 Å². The van der Waals surface area contributed by atoms with Crippen molar-refractivity contribution in [3.05, 3.63) is 59.7 Å². The van der Waals surface area contributed by atoms with Gasteiger partial charge in [0.2, 0.25) is 0 Å². The van der Waals surface area contributed by atoms with Gasteiger partial charge in [-0.05, 0) is 24.6 Å². The molecule has 0 fully saturated rings. The van der Waals surface area contributed by atoms with E-state index in [1.807, 2.05) is 6.07 Å². The topological polar surface area (TPSA) is 66.6 Å². The highest BCUT2D eigenvalue weighted by Gasteiger charge is 2.20. The molecule has 2 aromatic rings. The van der Waals surface area contributed by atoms with Gasteiger partial charge in [0.05, 0.1) is 23.2 Å². The van der Waals surface area contributed by atoms with Crippen LogP contribution in [0, 0.1) is 11.3 Å². The summed E-state index contributed by atoms with van der Waals surface area (Å²) in [6, 6.07) is 9.00. The van der Waals surface area contributed by atoms with Crippen molar-refractivity contribution >= 4 is 5.78 Å². The van der Waals surface area contributed by atoms with E-state index in [-0.39, 0.29) is 5.78 Å². The van der Waals surface area contributed by atoms with Gasteiger partial charge in [0.25, 0.3) is 0 Å². The summed E-state index contributed by atoms with van der Waals surface area (Å²) in [6.07, 6.45) is 4.72. The monoisotopic (exact) mass is 237 g/mol. The van der Waals surface area contributed by atoms with Crippen LogP contribution in [0.5, 0.6) is 0 Å². The van der Waals surface area contributed by atoms with Crippen LogP contribution in [0.15, 0.2) is 42.9 Å². The van der Waals surface area contributed by atoms with Crippen molar-refractivity contribution in [2.24, 2.45) is 0 Å². The summed E-state index contributed by atoms with van der Waals surface area (Å²) in [5, 5.41) is 8.75. The number of carbonyl (C=O) groups excluding carboxylic acids is 1. The van der Waals surface area contributed by atoms with Crippen molar-refractivity contribution in [1.29, 1.82) is 5.26 Å². The molecule has 2 rings (SSSR count). The van der Waals surface area contributed by atoms with Crippen molar-refractivity contribution in [3.8, 4) is 6.07 Å². The van der Waals surface area contributed by atoms with Gasteiger partial charge in [-0.25, -0.2) is 0 Å². The fraction of sp³-hybridized carbons (Fsp3) is 0.143. The van der Waals surface area contributed by atoms with Gasteiger partial charge < -0.3 is 0 Å². The molecule has 0 N–H and O–H groups in total. The van der Waals surface area contributed by atoms with Crippen LogP contribution in [0.3, 0.4) is 0 Å². The van der Waals surface area contributed by atoms with Crippen molar-refractivity contribution in [3.63, 3.8) is 0 Å². The zero-order chi connectivity index (χ0) is 13.0. The molecule has 0 radical (unpaired) electrons. The Kier molecular flexibility index (Phi) is 3.44. The second kappa shape index (κ2) is 5.19. The Morgan fingerprint density at radius 2 is 2.00 bits per heavy atom.